The van der Waals surface area contributed by atoms with Crippen molar-refractivity contribution >= 4 is 5.97 Å². The summed E-state index contributed by atoms with van der Waals surface area (Å²) in [5.74, 6) is 0.0282. The number of pyridine rings is 2. The molecule has 2 heterocycles. The van der Waals surface area contributed by atoms with Crippen LogP contribution in [0.25, 0.3) is 0 Å². The molecule has 0 aliphatic rings. The summed E-state index contributed by atoms with van der Waals surface area (Å²) in [6.07, 6.45) is 4.61. The molecule has 0 N–H and O–H groups in total. The molecule has 0 aliphatic carbocycles. The van der Waals surface area contributed by atoms with Gasteiger partial charge in [0.2, 0.25) is 0 Å². The summed E-state index contributed by atoms with van der Waals surface area (Å²) in [5, 5.41) is 0. The van der Waals surface area contributed by atoms with Crippen molar-refractivity contribution < 1.29 is 9.53 Å². The predicted molar refractivity (Wildman–Crippen MR) is 58.2 cm³/mol. The van der Waals surface area contributed by atoms with Crippen LogP contribution in [0.1, 0.15) is 16.1 Å². The van der Waals surface area contributed by atoms with Gasteiger partial charge in [-0.3, -0.25) is 9.97 Å². The van der Waals surface area contributed by atoms with Crippen molar-refractivity contribution in [3.05, 3.63) is 54.1 Å². The lowest BCUT2D eigenvalue weighted by atomic mass is 10.3. The van der Waals surface area contributed by atoms with Crippen LogP contribution in [0.3, 0.4) is 0 Å². The molecule has 0 unspecified atom stereocenters. The van der Waals surface area contributed by atoms with Gasteiger partial charge in [-0.1, -0.05) is 0 Å². The van der Waals surface area contributed by atoms with Gasteiger partial charge in [0.05, 0.1) is 11.8 Å². The minimum Gasteiger partial charge on any atom is -0.421 e. The van der Waals surface area contributed by atoms with Crippen LogP contribution in [-0.4, -0.2) is 15.9 Å². The van der Waals surface area contributed by atoms with Crippen LogP contribution in [0, 0.1) is 6.92 Å². The molecule has 0 radical (unpaired) electrons. The second-order valence-corrected chi connectivity index (χ2v) is 3.26. The maximum Gasteiger partial charge on any atom is 0.343 e. The van der Waals surface area contributed by atoms with Crippen LogP contribution in [0.4, 0.5) is 0 Å². The van der Waals surface area contributed by atoms with Crippen LogP contribution in [0.15, 0.2) is 42.9 Å². The largest absolute Gasteiger partial charge is 0.421 e. The molecular weight excluding hydrogens is 204 g/mol. The molecule has 80 valence electrons. The molecule has 0 spiro atoms. The van der Waals surface area contributed by atoms with Gasteiger partial charge in [0.15, 0.2) is 0 Å². The smallest absolute Gasteiger partial charge is 0.343 e. The second-order valence-electron chi connectivity index (χ2n) is 3.26. The zero-order chi connectivity index (χ0) is 11.4. The van der Waals surface area contributed by atoms with Crippen molar-refractivity contribution in [1.29, 1.82) is 0 Å². The predicted octanol–water partition coefficient (Wildman–Crippen LogP) is 2.00. The quantitative estimate of drug-likeness (QED) is 0.717. The molecule has 0 amide bonds. The van der Waals surface area contributed by atoms with E-state index in [2.05, 4.69) is 9.97 Å². The third kappa shape index (κ3) is 2.42. The average molecular weight is 214 g/mol. The monoisotopic (exact) mass is 214 g/mol. The van der Waals surface area contributed by atoms with E-state index in [0.29, 0.717) is 11.3 Å². The highest BCUT2D eigenvalue weighted by molar-refractivity contribution is 5.90. The van der Waals surface area contributed by atoms with E-state index in [1.54, 1.807) is 36.7 Å². The van der Waals surface area contributed by atoms with Gasteiger partial charge in [-0.05, 0) is 31.2 Å². The number of carbonyl (C=O) groups is 1. The zero-order valence-electron chi connectivity index (χ0n) is 8.75. The number of rotatable bonds is 2. The van der Waals surface area contributed by atoms with Gasteiger partial charge in [-0.25, -0.2) is 4.79 Å². The van der Waals surface area contributed by atoms with E-state index < -0.39 is 5.97 Å². The fraction of sp³-hybridized carbons (Fsp3) is 0.0833. The van der Waals surface area contributed by atoms with E-state index in [4.69, 9.17) is 4.74 Å². The summed E-state index contributed by atoms with van der Waals surface area (Å²) in [6, 6.07) is 6.70. The molecule has 4 heteroatoms. The molecule has 2 aromatic heterocycles. The minimum atomic E-state index is -0.409. The number of nitrogens with zero attached hydrogens (tertiary/aromatic N) is 2. The Kier molecular flexibility index (Phi) is 2.91. The molecule has 0 atom stereocenters. The van der Waals surface area contributed by atoms with E-state index in [1.807, 2.05) is 6.92 Å². The Morgan fingerprint density at radius 2 is 1.94 bits per heavy atom. The van der Waals surface area contributed by atoms with Crippen molar-refractivity contribution in [2.75, 3.05) is 0 Å². The van der Waals surface area contributed by atoms with Crippen LogP contribution in [0.2, 0.25) is 0 Å². The van der Waals surface area contributed by atoms with Gasteiger partial charge < -0.3 is 4.74 Å². The molecule has 0 bridgehead atoms. The summed E-state index contributed by atoms with van der Waals surface area (Å²) in [7, 11) is 0. The highest BCUT2D eigenvalue weighted by Crippen LogP contribution is 2.11. The van der Waals surface area contributed by atoms with Crippen molar-refractivity contribution in [3.63, 3.8) is 0 Å². The van der Waals surface area contributed by atoms with Gasteiger partial charge in [-0.2, -0.15) is 0 Å². The van der Waals surface area contributed by atoms with Gasteiger partial charge in [0.1, 0.15) is 5.75 Å². The molecule has 0 fully saturated rings. The number of ether oxygens (including phenoxy) is 1. The lowest BCUT2D eigenvalue weighted by Crippen LogP contribution is -2.08. The zero-order valence-corrected chi connectivity index (χ0v) is 8.75. The first-order valence-electron chi connectivity index (χ1n) is 4.80. The number of esters is 1. The molecule has 2 rings (SSSR count). The lowest BCUT2D eigenvalue weighted by molar-refractivity contribution is 0.0734. The van der Waals surface area contributed by atoms with Gasteiger partial charge in [-0.15, -0.1) is 0 Å². The van der Waals surface area contributed by atoms with Crippen LogP contribution < -0.4 is 4.74 Å². The maximum absolute atomic E-state index is 11.6. The van der Waals surface area contributed by atoms with Gasteiger partial charge in [0.25, 0.3) is 0 Å². The Bertz CT molecular complexity index is 480. The molecule has 16 heavy (non-hydrogen) atoms. The Morgan fingerprint density at radius 3 is 2.56 bits per heavy atom. The van der Waals surface area contributed by atoms with Crippen molar-refractivity contribution in [1.82, 2.24) is 9.97 Å². The third-order valence-electron chi connectivity index (χ3n) is 2.01. The lowest BCUT2D eigenvalue weighted by Gasteiger charge is -2.03. The first kappa shape index (κ1) is 10.3. The van der Waals surface area contributed by atoms with E-state index >= 15 is 0 Å². The van der Waals surface area contributed by atoms with E-state index in [1.165, 1.54) is 6.20 Å². The highest BCUT2D eigenvalue weighted by Gasteiger charge is 2.07. The topological polar surface area (TPSA) is 52.1 Å². The average Bonchev–Trinajstić information content (AvgIpc) is 2.33. The summed E-state index contributed by atoms with van der Waals surface area (Å²) >= 11 is 0. The number of carbonyl (C=O) groups excluding carboxylic acids is 1. The molecular formula is C12H10N2O2. The van der Waals surface area contributed by atoms with E-state index in [0.717, 1.165) is 5.69 Å². The van der Waals surface area contributed by atoms with Crippen LogP contribution >= 0.6 is 0 Å². The standard InChI is InChI=1S/C12H10N2O2/c1-9-2-3-11(8-14-9)16-12(15)10-4-6-13-7-5-10/h2-8H,1H3. The Morgan fingerprint density at radius 1 is 1.19 bits per heavy atom. The van der Waals surface area contributed by atoms with Crippen molar-refractivity contribution in [2.45, 2.75) is 6.92 Å². The van der Waals surface area contributed by atoms with Gasteiger partial charge in [0, 0.05) is 18.1 Å². The summed E-state index contributed by atoms with van der Waals surface area (Å²) in [4.78, 5) is 19.5. The Labute approximate surface area is 92.9 Å². The Hall–Kier alpha value is -2.23. The fourth-order valence-corrected chi connectivity index (χ4v) is 1.17. The molecule has 0 saturated heterocycles. The first-order valence-corrected chi connectivity index (χ1v) is 4.80. The third-order valence-corrected chi connectivity index (χ3v) is 2.01. The molecule has 0 aliphatic heterocycles. The second kappa shape index (κ2) is 4.53. The maximum atomic E-state index is 11.6. The van der Waals surface area contributed by atoms with E-state index in [-0.39, 0.29) is 0 Å². The van der Waals surface area contributed by atoms with Crippen LogP contribution in [-0.2, 0) is 0 Å². The normalized spacial score (nSPS) is 9.81. The summed E-state index contributed by atoms with van der Waals surface area (Å²) < 4.78 is 5.13. The number of aryl methyl sites for hydroxylation is 1. The molecule has 0 aromatic carbocycles. The number of hydrogen-bond donors (Lipinski definition) is 0. The number of hydrogen-bond acceptors (Lipinski definition) is 4. The van der Waals surface area contributed by atoms with Gasteiger partial charge >= 0.3 is 5.97 Å². The molecule has 4 nitrogen and oxygen atoms in total. The van der Waals surface area contributed by atoms with Crippen LogP contribution in [0.5, 0.6) is 5.75 Å². The number of aromatic nitrogens is 2. The first-order chi connectivity index (χ1) is 7.75. The summed E-state index contributed by atoms with van der Waals surface area (Å²) in [5.41, 5.74) is 1.35. The fourth-order valence-electron chi connectivity index (χ4n) is 1.17. The van der Waals surface area contributed by atoms with Crippen molar-refractivity contribution in [2.24, 2.45) is 0 Å². The van der Waals surface area contributed by atoms with E-state index in [9.17, 15) is 4.79 Å². The minimum absolute atomic E-state index is 0.409. The Balaban J connectivity index is 2.11. The SMILES string of the molecule is Cc1ccc(OC(=O)c2ccncc2)cn1. The molecule has 2 aromatic rings. The van der Waals surface area contributed by atoms with Crippen molar-refractivity contribution in [3.8, 4) is 5.75 Å². The summed E-state index contributed by atoms with van der Waals surface area (Å²) in [6.45, 7) is 1.87. The highest BCUT2D eigenvalue weighted by atomic mass is 16.5. The molecule has 0 saturated carbocycles.